The molecular weight excluding hydrogens is 304 g/mol. The van der Waals surface area contributed by atoms with Gasteiger partial charge in [-0.15, -0.1) is 0 Å². The number of carbonyl (C=O) groups is 1. The minimum absolute atomic E-state index is 0.0417. The third-order valence-corrected chi connectivity index (χ3v) is 5.42. The van der Waals surface area contributed by atoms with Crippen molar-refractivity contribution in [2.45, 2.75) is 26.2 Å². The van der Waals surface area contributed by atoms with E-state index < -0.39 is 0 Å². The van der Waals surface area contributed by atoms with Crippen molar-refractivity contribution in [2.24, 2.45) is 11.8 Å². The number of piperidine rings is 1. The Hall–Kier alpha value is -1.59. The number of aliphatic hydroxyl groups excluding tert-OH is 1. The molecule has 2 atom stereocenters. The minimum Gasteiger partial charge on any atom is -0.507 e. The van der Waals surface area contributed by atoms with Crippen molar-refractivity contribution in [2.75, 3.05) is 39.3 Å². The molecule has 2 saturated heterocycles. The van der Waals surface area contributed by atoms with Crippen LogP contribution in [0.5, 0.6) is 5.75 Å². The summed E-state index contributed by atoms with van der Waals surface area (Å²) in [6, 6.07) is 5.16. The second-order valence-corrected chi connectivity index (χ2v) is 7.29. The van der Waals surface area contributed by atoms with E-state index in [1.54, 1.807) is 17.0 Å². The lowest BCUT2D eigenvalue weighted by atomic mass is 9.95. The fourth-order valence-electron chi connectivity index (χ4n) is 3.98. The van der Waals surface area contributed by atoms with Gasteiger partial charge in [-0.2, -0.15) is 0 Å². The van der Waals surface area contributed by atoms with Crippen LogP contribution in [-0.2, 0) is 0 Å². The van der Waals surface area contributed by atoms with Gasteiger partial charge >= 0.3 is 0 Å². The molecule has 2 heterocycles. The van der Waals surface area contributed by atoms with Gasteiger partial charge in [-0.05, 0) is 56.5 Å². The first-order valence-corrected chi connectivity index (χ1v) is 9.00. The third kappa shape index (κ3) is 3.73. The van der Waals surface area contributed by atoms with Gasteiger partial charge in [0.05, 0.1) is 5.56 Å². The highest BCUT2D eigenvalue weighted by molar-refractivity contribution is 5.97. The van der Waals surface area contributed by atoms with Crippen LogP contribution in [0, 0.1) is 18.8 Å². The summed E-state index contributed by atoms with van der Waals surface area (Å²) < 4.78 is 0. The number of phenols is 1. The van der Waals surface area contributed by atoms with E-state index in [0.717, 1.165) is 25.2 Å². The topological polar surface area (TPSA) is 64.0 Å². The maximum Gasteiger partial charge on any atom is 0.257 e. The van der Waals surface area contributed by atoms with Crippen LogP contribution >= 0.6 is 0 Å². The fraction of sp³-hybridized carbons (Fsp3) is 0.632. The predicted octanol–water partition coefficient (Wildman–Crippen LogP) is 1.87. The number of carbonyl (C=O) groups excluding carboxylic acids is 1. The Morgan fingerprint density at radius 2 is 1.88 bits per heavy atom. The highest BCUT2D eigenvalue weighted by Crippen LogP contribution is 2.28. The smallest absolute Gasteiger partial charge is 0.257 e. The molecule has 5 nitrogen and oxygen atoms in total. The Labute approximate surface area is 143 Å². The number of rotatable bonds is 4. The fourth-order valence-corrected chi connectivity index (χ4v) is 3.98. The molecule has 24 heavy (non-hydrogen) atoms. The Kier molecular flexibility index (Phi) is 5.41. The summed E-state index contributed by atoms with van der Waals surface area (Å²) in [6.07, 6.45) is 3.80. The van der Waals surface area contributed by atoms with Crippen molar-refractivity contribution in [1.29, 1.82) is 0 Å². The van der Waals surface area contributed by atoms with Crippen molar-refractivity contribution in [1.82, 2.24) is 9.80 Å². The van der Waals surface area contributed by atoms with Crippen LogP contribution in [0.25, 0.3) is 0 Å². The first-order valence-electron chi connectivity index (χ1n) is 9.00. The van der Waals surface area contributed by atoms with Gasteiger partial charge < -0.3 is 20.0 Å². The van der Waals surface area contributed by atoms with Crippen LogP contribution in [0.4, 0.5) is 0 Å². The average Bonchev–Trinajstić information content (AvgIpc) is 2.98. The quantitative estimate of drug-likeness (QED) is 0.883. The molecule has 0 unspecified atom stereocenters. The van der Waals surface area contributed by atoms with E-state index in [1.165, 1.54) is 19.3 Å². The molecule has 2 aliphatic heterocycles. The van der Waals surface area contributed by atoms with E-state index in [4.69, 9.17) is 0 Å². The van der Waals surface area contributed by atoms with Gasteiger partial charge in [0.25, 0.3) is 5.91 Å². The molecule has 132 valence electrons. The first-order chi connectivity index (χ1) is 11.6. The zero-order chi connectivity index (χ0) is 17.1. The number of aromatic hydroxyl groups is 1. The summed E-state index contributed by atoms with van der Waals surface area (Å²) >= 11 is 0. The molecule has 0 spiro atoms. The van der Waals surface area contributed by atoms with Crippen molar-refractivity contribution in [3.63, 3.8) is 0 Å². The van der Waals surface area contributed by atoms with Crippen LogP contribution in [-0.4, -0.2) is 65.3 Å². The lowest BCUT2D eigenvalue weighted by Gasteiger charge is -2.30. The largest absolute Gasteiger partial charge is 0.507 e. The van der Waals surface area contributed by atoms with E-state index in [1.807, 2.05) is 13.0 Å². The molecule has 2 aliphatic rings. The Bertz CT molecular complexity index is 584. The molecule has 1 aromatic rings. The van der Waals surface area contributed by atoms with E-state index in [-0.39, 0.29) is 24.2 Å². The van der Waals surface area contributed by atoms with Crippen LogP contribution in [0.15, 0.2) is 18.2 Å². The lowest BCUT2D eigenvalue weighted by molar-refractivity contribution is 0.0775. The molecule has 2 fully saturated rings. The van der Waals surface area contributed by atoms with Gasteiger partial charge in [0, 0.05) is 32.2 Å². The molecule has 0 bridgehead atoms. The van der Waals surface area contributed by atoms with Crippen molar-refractivity contribution in [3.8, 4) is 5.75 Å². The van der Waals surface area contributed by atoms with Crippen molar-refractivity contribution >= 4 is 5.91 Å². The molecule has 1 amide bonds. The molecule has 0 radical (unpaired) electrons. The van der Waals surface area contributed by atoms with Gasteiger partial charge in [0.15, 0.2) is 0 Å². The maximum absolute atomic E-state index is 12.7. The lowest BCUT2D eigenvalue weighted by Crippen LogP contribution is -2.37. The number of aliphatic hydroxyl groups is 1. The Balaban J connectivity index is 1.67. The average molecular weight is 332 g/mol. The number of nitrogens with zero attached hydrogens (tertiary/aromatic N) is 2. The number of likely N-dealkylation sites (tertiary alicyclic amines) is 2. The number of amides is 1. The molecular formula is C19H28N2O3. The first kappa shape index (κ1) is 17.2. The SMILES string of the molecule is Cc1ccc(C(=O)N2C[C@@H](CN3CCCCC3)[C@@H](CO)C2)c(O)c1. The van der Waals surface area contributed by atoms with Gasteiger partial charge in [-0.3, -0.25) is 4.79 Å². The molecule has 0 aromatic heterocycles. The summed E-state index contributed by atoms with van der Waals surface area (Å²) in [6.45, 7) is 6.44. The second-order valence-electron chi connectivity index (χ2n) is 7.29. The van der Waals surface area contributed by atoms with Crippen LogP contribution in [0.3, 0.4) is 0 Å². The second kappa shape index (κ2) is 7.53. The zero-order valence-electron chi connectivity index (χ0n) is 14.4. The molecule has 1 aromatic carbocycles. The molecule has 3 rings (SSSR count). The van der Waals surface area contributed by atoms with E-state index in [9.17, 15) is 15.0 Å². The Morgan fingerprint density at radius 3 is 2.54 bits per heavy atom. The minimum atomic E-state index is -0.132. The highest BCUT2D eigenvalue weighted by atomic mass is 16.3. The molecule has 5 heteroatoms. The van der Waals surface area contributed by atoms with Crippen LogP contribution < -0.4 is 0 Å². The molecule has 2 N–H and O–H groups in total. The summed E-state index contributed by atoms with van der Waals surface area (Å²) in [5, 5.41) is 19.8. The predicted molar refractivity (Wildman–Crippen MR) is 93.1 cm³/mol. The van der Waals surface area contributed by atoms with E-state index >= 15 is 0 Å². The van der Waals surface area contributed by atoms with Gasteiger partial charge in [0.2, 0.25) is 0 Å². The molecule has 0 saturated carbocycles. The normalized spacial score (nSPS) is 25.2. The zero-order valence-corrected chi connectivity index (χ0v) is 14.4. The van der Waals surface area contributed by atoms with Crippen molar-refractivity contribution in [3.05, 3.63) is 29.3 Å². The number of phenolic OH excluding ortho intramolecular Hbond substituents is 1. The number of hydrogen-bond donors (Lipinski definition) is 2. The van der Waals surface area contributed by atoms with E-state index in [0.29, 0.717) is 24.6 Å². The monoisotopic (exact) mass is 332 g/mol. The Morgan fingerprint density at radius 1 is 1.17 bits per heavy atom. The van der Waals surface area contributed by atoms with Crippen LogP contribution in [0.2, 0.25) is 0 Å². The van der Waals surface area contributed by atoms with Crippen LogP contribution in [0.1, 0.15) is 35.2 Å². The van der Waals surface area contributed by atoms with E-state index in [2.05, 4.69) is 4.90 Å². The number of aryl methyl sites for hydroxylation is 1. The molecule has 0 aliphatic carbocycles. The summed E-state index contributed by atoms with van der Waals surface area (Å²) in [5.41, 5.74) is 1.29. The van der Waals surface area contributed by atoms with Gasteiger partial charge in [-0.1, -0.05) is 12.5 Å². The maximum atomic E-state index is 12.7. The standard InChI is InChI=1S/C19H28N2O3/c1-14-5-6-17(18(23)9-14)19(24)21-11-15(16(12-21)13-22)10-20-7-3-2-4-8-20/h5-6,9,15-16,22-23H,2-4,7-8,10-13H2,1H3/t15-,16-/m1/s1. The third-order valence-electron chi connectivity index (χ3n) is 5.42. The highest BCUT2D eigenvalue weighted by Gasteiger charge is 2.36. The van der Waals surface area contributed by atoms with Gasteiger partial charge in [0.1, 0.15) is 5.75 Å². The summed E-state index contributed by atoms with van der Waals surface area (Å²) in [5.74, 6) is 0.347. The summed E-state index contributed by atoms with van der Waals surface area (Å²) in [7, 11) is 0. The van der Waals surface area contributed by atoms with Gasteiger partial charge in [-0.25, -0.2) is 0 Å². The van der Waals surface area contributed by atoms with Crippen molar-refractivity contribution < 1.29 is 15.0 Å². The number of hydrogen-bond acceptors (Lipinski definition) is 4. The summed E-state index contributed by atoms with van der Waals surface area (Å²) in [4.78, 5) is 17.0. The number of benzene rings is 1.